The van der Waals surface area contributed by atoms with E-state index >= 15 is 0 Å². The zero-order valence-electron chi connectivity index (χ0n) is 10.9. The van der Waals surface area contributed by atoms with Crippen molar-refractivity contribution in [3.63, 3.8) is 0 Å². The fourth-order valence-electron chi connectivity index (χ4n) is 1.53. The summed E-state index contributed by atoms with van der Waals surface area (Å²) in [6.45, 7) is -0.375. The summed E-state index contributed by atoms with van der Waals surface area (Å²) in [4.78, 5) is 22.5. The predicted octanol–water partition coefficient (Wildman–Crippen LogP) is 1.28. The molecule has 2 N–H and O–H groups in total. The van der Waals surface area contributed by atoms with Crippen LogP contribution in [-0.4, -0.2) is 39.1 Å². The molecule has 0 spiro atoms. The number of anilines is 1. The largest absolute Gasteiger partial charge is 0.497 e. The van der Waals surface area contributed by atoms with Crippen molar-refractivity contribution in [1.82, 2.24) is 15.0 Å². The first-order valence-corrected chi connectivity index (χ1v) is 6.14. The highest BCUT2D eigenvalue weighted by molar-refractivity contribution is 6.34. The first-order valence-electron chi connectivity index (χ1n) is 5.76. The lowest BCUT2D eigenvalue weighted by Crippen LogP contribution is -2.13. The number of carbonyl (C=O) groups is 2. The van der Waals surface area contributed by atoms with Gasteiger partial charge >= 0.3 is 5.97 Å². The average Bonchev–Trinajstić information content (AvgIpc) is 2.89. The van der Waals surface area contributed by atoms with Crippen molar-refractivity contribution >= 4 is 29.2 Å². The summed E-state index contributed by atoms with van der Waals surface area (Å²) in [7, 11) is 1.49. The summed E-state index contributed by atoms with van der Waals surface area (Å²) in [5, 5.41) is 18.7. The maximum atomic E-state index is 12.0. The van der Waals surface area contributed by atoms with E-state index in [-0.39, 0.29) is 12.2 Å². The van der Waals surface area contributed by atoms with Gasteiger partial charge in [-0.25, -0.2) is 4.68 Å². The number of hydrogen-bond donors (Lipinski definition) is 2. The molecule has 0 fully saturated rings. The summed E-state index contributed by atoms with van der Waals surface area (Å²) >= 11 is 5.97. The smallest absolute Gasteiger partial charge is 0.325 e. The van der Waals surface area contributed by atoms with Gasteiger partial charge in [0.1, 0.15) is 12.3 Å². The van der Waals surface area contributed by atoms with E-state index in [1.807, 2.05) is 0 Å². The number of nitrogens with one attached hydrogen (secondary N) is 1. The third kappa shape index (κ3) is 3.69. The molecule has 0 radical (unpaired) electrons. The molecule has 0 aliphatic rings. The number of benzene rings is 1. The van der Waals surface area contributed by atoms with Crippen LogP contribution in [0, 0.1) is 0 Å². The highest BCUT2D eigenvalue weighted by atomic mass is 35.5. The van der Waals surface area contributed by atoms with Gasteiger partial charge in [0.2, 0.25) is 0 Å². The van der Waals surface area contributed by atoms with E-state index in [4.69, 9.17) is 21.4 Å². The van der Waals surface area contributed by atoms with Crippen molar-refractivity contribution < 1.29 is 19.4 Å². The van der Waals surface area contributed by atoms with Gasteiger partial charge in [-0.05, 0) is 12.1 Å². The van der Waals surface area contributed by atoms with Gasteiger partial charge in [-0.15, -0.1) is 5.10 Å². The molecular formula is C12H11ClN4O4. The van der Waals surface area contributed by atoms with Crippen LogP contribution in [0.15, 0.2) is 24.4 Å². The van der Waals surface area contributed by atoms with E-state index in [9.17, 15) is 9.59 Å². The number of hydrogen-bond acceptors (Lipinski definition) is 5. The van der Waals surface area contributed by atoms with Crippen LogP contribution < -0.4 is 10.1 Å². The van der Waals surface area contributed by atoms with Crippen molar-refractivity contribution in [2.24, 2.45) is 0 Å². The number of aromatic nitrogens is 3. The van der Waals surface area contributed by atoms with Crippen LogP contribution in [0.4, 0.5) is 5.69 Å². The molecule has 0 aliphatic carbocycles. The minimum atomic E-state index is -1.08. The van der Waals surface area contributed by atoms with Crippen LogP contribution in [0.1, 0.15) is 10.5 Å². The van der Waals surface area contributed by atoms with E-state index in [1.54, 1.807) is 18.2 Å². The molecule has 21 heavy (non-hydrogen) atoms. The SMILES string of the molecule is COc1ccc(Cl)c(NC(=O)c2cn(CC(=O)O)nn2)c1. The monoisotopic (exact) mass is 310 g/mol. The number of nitrogens with zero attached hydrogens (tertiary/aromatic N) is 3. The number of methoxy groups -OCH3 is 1. The molecule has 0 bridgehead atoms. The fourth-order valence-corrected chi connectivity index (χ4v) is 1.70. The number of halogens is 1. The summed E-state index contributed by atoms with van der Waals surface area (Å²) in [6, 6.07) is 4.79. The molecule has 0 saturated heterocycles. The number of carbonyl (C=O) groups excluding carboxylic acids is 1. The van der Waals surface area contributed by atoms with Crippen LogP contribution >= 0.6 is 11.6 Å². The Morgan fingerprint density at radius 3 is 2.90 bits per heavy atom. The molecule has 0 saturated carbocycles. The Kier molecular flexibility index (Phi) is 4.39. The lowest BCUT2D eigenvalue weighted by molar-refractivity contribution is -0.137. The summed E-state index contributed by atoms with van der Waals surface area (Å²) < 4.78 is 6.08. The van der Waals surface area contributed by atoms with Crippen LogP contribution in [0.5, 0.6) is 5.75 Å². The normalized spacial score (nSPS) is 10.2. The second-order valence-electron chi connectivity index (χ2n) is 4.00. The van der Waals surface area contributed by atoms with Crippen molar-refractivity contribution in [1.29, 1.82) is 0 Å². The van der Waals surface area contributed by atoms with Gasteiger partial charge < -0.3 is 15.2 Å². The lowest BCUT2D eigenvalue weighted by atomic mass is 10.3. The molecular weight excluding hydrogens is 300 g/mol. The van der Waals surface area contributed by atoms with Crippen LogP contribution in [0.2, 0.25) is 5.02 Å². The number of ether oxygens (including phenoxy) is 1. The summed E-state index contributed by atoms with van der Waals surface area (Å²) in [6.07, 6.45) is 1.23. The van der Waals surface area contributed by atoms with E-state index in [0.29, 0.717) is 16.5 Å². The van der Waals surface area contributed by atoms with E-state index in [1.165, 1.54) is 13.3 Å². The van der Waals surface area contributed by atoms with E-state index in [0.717, 1.165) is 4.68 Å². The van der Waals surface area contributed by atoms with Gasteiger partial charge in [-0.1, -0.05) is 16.8 Å². The van der Waals surface area contributed by atoms with Gasteiger partial charge in [0, 0.05) is 6.07 Å². The number of carboxylic acids is 1. The lowest BCUT2D eigenvalue weighted by Gasteiger charge is -2.07. The Labute approximate surface area is 124 Å². The Hall–Kier alpha value is -2.61. The van der Waals surface area contributed by atoms with E-state index < -0.39 is 11.9 Å². The zero-order valence-corrected chi connectivity index (χ0v) is 11.7. The predicted molar refractivity (Wildman–Crippen MR) is 73.6 cm³/mol. The number of carboxylic acid groups (broad SMARTS) is 1. The van der Waals surface area contributed by atoms with Crippen LogP contribution in [-0.2, 0) is 11.3 Å². The van der Waals surface area contributed by atoms with Gasteiger partial charge in [-0.2, -0.15) is 0 Å². The maximum absolute atomic E-state index is 12.0. The van der Waals surface area contributed by atoms with Crippen LogP contribution in [0.25, 0.3) is 0 Å². The third-order valence-electron chi connectivity index (χ3n) is 2.49. The van der Waals surface area contributed by atoms with Gasteiger partial charge in [-0.3, -0.25) is 9.59 Å². The number of amides is 1. The molecule has 0 unspecified atom stereocenters. The highest BCUT2D eigenvalue weighted by Crippen LogP contribution is 2.26. The third-order valence-corrected chi connectivity index (χ3v) is 2.82. The summed E-state index contributed by atoms with van der Waals surface area (Å²) in [5.74, 6) is -1.10. The molecule has 2 rings (SSSR count). The standard InChI is InChI=1S/C12H11ClN4O4/c1-21-7-2-3-8(13)9(4-7)14-12(20)10-5-17(16-15-10)6-11(18)19/h2-5H,6H2,1H3,(H,14,20)(H,18,19). The number of rotatable bonds is 5. The molecule has 0 atom stereocenters. The molecule has 1 aromatic heterocycles. The topological polar surface area (TPSA) is 106 Å². The minimum Gasteiger partial charge on any atom is -0.497 e. The second kappa shape index (κ2) is 6.23. The van der Waals surface area contributed by atoms with Gasteiger partial charge in [0.05, 0.1) is 24.0 Å². The first kappa shape index (κ1) is 14.8. The maximum Gasteiger partial charge on any atom is 0.325 e. The molecule has 0 aliphatic heterocycles. The van der Waals surface area contributed by atoms with Gasteiger partial charge in [0.25, 0.3) is 5.91 Å². The molecule has 110 valence electrons. The zero-order chi connectivity index (χ0) is 15.4. The van der Waals surface area contributed by atoms with E-state index in [2.05, 4.69) is 15.6 Å². The van der Waals surface area contributed by atoms with Crippen molar-refractivity contribution in [2.75, 3.05) is 12.4 Å². The van der Waals surface area contributed by atoms with Crippen molar-refractivity contribution in [3.8, 4) is 5.75 Å². The Balaban J connectivity index is 2.14. The molecule has 8 nitrogen and oxygen atoms in total. The summed E-state index contributed by atoms with van der Waals surface area (Å²) in [5.41, 5.74) is 0.337. The Morgan fingerprint density at radius 2 is 2.24 bits per heavy atom. The molecule has 9 heteroatoms. The van der Waals surface area contributed by atoms with Crippen LogP contribution in [0.3, 0.4) is 0 Å². The minimum absolute atomic E-state index is 0.0184. The molecule has 2 aromatic rings. The Bertz CT molecular complexity index is 686. The quantitative estimate of drug-likeness (QED) is 0.861. The Morgan fingerprint density at radius 1 is 1.48 bits per heavy atom. The first-order chi connectivity index (χ1) is 9.99. The molecule has 1 aromatic carbocycles. The highest BCUT2D eigenvalue weighted by Gasteiger charge is 2.14. The molecule has 1 heterocycles. The average molecular weight is 311 g/mol. The second-order valence-corrected chi connectivity index (χ2v) is 4.40. The molecule has 1 amide bonds. The number of aliphatic carboxylic acids is 1. The van der Waals surface area contributed by atoms with Crippen molar-refractivity contribution in [3.05, 3.63) is 35.1 Å². The fraction of sp³-hybridized carbons (Fsp3) is 0.167. The van der Waals surface area contributed by atoms with Crippen molar-refractivity contribution in [2.45, 2.75) is 6.54 Å². The van der Waals surface area contributed by atoms with Gasteiger partial charge in [0.15, 0.2) is 5.69 Å².